The third-order valence-corrected chi connectivity index (χ3v) is 2.95. The van der Waals surface area contributed by atoms with Crippen LogP contribution in [0.15, 0.2) is 0 Å². The van der Waals surface area contributed by atoms with Crippen LogP contribution in [-0.4, -0.2) is 30.6 Å². The van der Waals surface area contributed by atoms with E-state index in [4.69, 9.17) is 5.73 Å². The SMILES string of the molecule is CC.CC1C(N)CCN(C)C1C. The number of rotatable bonds is 0. The molecule has 2 N–H and O–H groups in total. The van der Waals surface area contributed by atoms with E-state index in [9.17, 15) is 0 Å². The van der Waals surface area contributed by atoms with Crippen LogP contribution in [0.25, 0.3) is 0 Å². The number of nitrogens with zero attached hydrogens (tertiary/aromatic N) is 1. The summed E-state index contributed by atoms with van der Waals surface area (Å²) in [5.74, 6) is 0.652. The van der Waals surface area contributed by atoms with E-state index in [2.05, 4.69) is 25.8 Å². The Hall–Kier alpha value is -0.0800. The van der Waals surface area contributed by atoms with E-state index >= 15 is 0 Å². The second kappa shape index (κ2) is 5.55. The molecule has 1 saturated heterocycles. The summed E-state index contributed by atoms with van der Waals surface area (Å²) in [5, 5.41) is 0. The van der Waals surface area contributed by atoms with E-state index in [0.717, 1.165) is 13.0 Å². The van der Waals surface area contributed by atoms with Crippen LogP contribution in [0.1, 0.15) is 34.1 Å². The molecule has 0 aromatic heterocycles. The molecular formula is C10H24N2. The van der Waals surface area contributed by atoms with Gasteiger partial charge in [-0.3, -0.25) is 0 Å². The molecule has 2 heteroatoms. The lowest BCUT2D eigenvalue weighted by molar-refractivity contribution is 0.126. The summed E-state index contributed by atoms with van der Waals surface area (Å²) >= 11 is 0. The predicted octanol–water partition coefficient (Wildman–Crippen LogP) is 1.70. The van der Waals surface area contributed by atoms with Crippen molar-refractivity contribution in [1.29, 1.82) is 0 Å². The Balaban J connectivity index is 0.000000561. The molecule has 0 aromatic carbocycles. The van der Waals surface area contributed by atoms with Crippen LogP contribution in [-0.2, 0) is 0 Å². The lowest BCUT2D eigenvalue weighted by Gasteiger charge is -2.39. The minimum atomic E-state index is 0.422. The molecular weight excluding hydrogens is 148 g/mol. The van der Waals surface area contributed by atoms with Crippen molar-refractivity contribution < 1.29 is 0 Å². The highest BCUT2D eigenvalue weighted by Gasteiger charge is 2.27. The van der Waals surface area contributed by atoms with Crippen molar-refractivity contribution in [2.45, 2.75) is 46.2 Å². The van der Waals surface area contributed by atoms with Crippen molar-refractivity contribution in [2.24, 2.45) is 11.7 Å². The fourth-order valence-electron chi connectivity index (χ4n) is 1.58. The average Bonchev–Trinajstić information content (AvgIpc) is 2.12. The van der Waals surface area contributed by atoms with Gasteiger partial charge in [-0.1, -0.05) is 20.8 Å². The highest BCUT2D eigenvalue weighted by molar-refractivity contribution is 4.84. The van der Waals surface area contributed by atoms with E-state index < -0.39 is 0 Å². The smallest absolute Gasteiger partial charge is 0.0104 e. The Morgan fingerprint density at radius 3 is 2.17 bits per heavy atom. The van der Waals surface area contributed by atoms with Crippen LogP contribution in [0, 0.1) is 5.92 Å². The van der Waals surface area contributed by atoms with Gasteiger partial charge in [0.1, 0.15) is 0 Å². The average molecular weight is 172 g/mol. The first-order valence-corrected chi connectivity index (χ1v) is 5.08. The van der Waals surface area contributed by atoms with E-state index in [1.807, 2.05) is 13.8 Å². The summed E-state index contributed by atoms with van der Waals surface area (Å²) in [4.78, 5) is 2.38. The molecule has 0 aliphatic carbocycles. The van der Waals surface area contributed by atoms with Gasteiger partial charge in [0, 0.05) is 12.1 Å². The first kappa shape index (κ1) is 11.9. The van der Waals surface area contributed by atoms with Crippen LogP contribution in [0.5, 0.6) is 0 Å². The van der Waals surface area contributed by atoms with Crippen LogP contribution >= 0.6 is 0 Å². The molecule has 74 valence electrons. The quantitative estimate of drug-likeness (QED) is 0.602. The van der Waals surface area contributed by atoms with Gasteiger partial charge in [-0.2, -0.15) is 0 Å². The summed E-state index contributed by atoms with van der Waals surface area (Å²) in [6.07, 6.45) is 1.15. The van der Waals surface area contributed by atoms with Crippen LogP contribution in [0.2, 0.25) is 0 Å². The van der Waals surface area contributed by atoms with Gasteiger partial charge >= 0.3 is 0 Å². The van der Waals surface area contributed by atoms with E-state index in [0.29, 0.717) is 18.0 Å². The zero-order chi connectivity index (χ0) is 9.72. The van der Waals surface area contributed by atoms with Gasteiger partial charge in [-0.05, 0) is 32.9 Å². The van der Waals surface area contributed by atoms with Crippen molar-refractivity contribution in [3.63, 3.8) is 0 Å². The fourth-order valence-corrected chi connectivity index (χ4v) is 1.58. The van der Waals surface area contributed by atoms with Crippen molar-refractivity contribution >= 4 is 0 Å². The van der Waals surface area contributed by atoms with Gasteiger partial charge in [0.25, 0.3) is 0 Å². The molecule has 0 radical (unpaired) electrons. The van der Waals surface area contributed by atoms with Gasteiger partial charge < -0.3 is 10.6 Å². The Labute approximate surface area is 77.1 Å². The molecule has 0 saturated carbocycles. The molecule has 12 heavy (non-hydrogen) atoms. The third-order valence-electron chi connectivity index (χ3n) is 2.95. The van der Waals surface area contributed by atoms with Crippen molar-refractivity contribution in [3.8, 4) is 0 Å². The van der Waals surface area contributed by atoms with Crippen LogP contribution in [0.4, 0.5) is 0 Å². The largest absolute Gasteiger partial charge is 0.327 e. The second-order valence-corrected chi connectivity index (χ2v) is 3.53. The number of hydrogen-bond donors (Lipinski definition) is 1. The van der Waals surface area contributed by atoms with Crippen molar-refractivity contribution in [1.82, 2.24) is 4.90 Å². The molecule has 2 nitrogen and oxygen atoms in total. The highest BCUT2D eigenvalue weighted by atomic mass is 15.1. The normalized spacial score (nSPS) is 37.0. The maximum Gasteiger partial charge on any atom is 0.0104 e. The monoisotopic (exact) mass is 172 g/mol. The maximum absolute atomic E-state index is 5.90. The van der Waals surface area contributed by atoms with Gasteiger partial charge in [0.15, 0.2) is 0 Å². The first-order chi connectivity index (χ1) is 5.63. The van der Waals surface area contributed by atoms with Crippen LogP contribution in [0.3, 0.4) is 0 Å². The summed E-state index contributed by atoms with van der Waals surface area (Å²) in [6.45, 7) is 9.65. The predicted molar refractivity (Wildman–Crippen MR) is 55.2 cm³/mol. The standard InChI is InChI=1S/C8H18N2.C2H6/c1-6-7(2)10(3)5-4-8(6)9;1-2/h6-8H,4-5,9H2,1-3H3;1-2H3. The molecule has 0 bridgehead atoms. The lowest BCUT2D eigenvalue weighted by atomic mass is 9.88. The van der Waals surface area contributed by atoms with Gasteiger partial charge in [0.2, 0.25) is 0 Å². The van der Waals surface area contributed by atoms with Gasteiger partial charge in [-0.25, -0.2) is 0 Å². The van der Waals surface area contributed by atoms with Gasteiger partial charge in [-0.15, -0.1) is 0 Å². The Bertz CT molecular complexity index is 100. The maximum atomic E-state index is 5.90. The molecule has 0 spiro atoms. The molecule has 1 aliphatic rings. The number of likely N-dealkylation sites (tertiary alicyclic amines) is 1. The Kier molecular flexibility index (Phi) is 5.51. The lowest BCUT2D eigenvalue weighted by Crippen LogP contribution is -2.49. The molecule has 0 amide bonds. The summed E-state index contributed by atoms with van der Waals surface area (Å²) in [5.41, 5.74) is 5.90. The summed E-state index contributed by atoms with van der Waals surface area (Å²) in [6, 6.07) is 1.08. The minimum Gasteiger partial charge on any atom is -0.327 e. The second-order valence-electron chi connectivity index (χ2n) is 3.53. The third kappa shape index (κ3) is 2.76. The molecule has 1 rings (SSSR count). The topological polar surface area (TPSA) is 29.3 Å². The molecule has 3 unspecified atom stereocenters. The molecule has 1 aliphatic heterocycles. The molecule has 1 fully saturated rings. The molecule has 3 atom stereocenters. The summed E-state index contributed by atoms with van der Waals surface area (Å²) < 4.78 is 0. The number of nitrogens with two attached hydrogens (primary N) is 1. The zero-order valence-corrected chi connectivity index (χ0v) is 9.17. The fraction of sp³-hybridized carbons (Fsp3) is 1.00. The number of hydrogen-bond acceptors (Lipinski definition) is 2. The molecule has 1 heterocycles. The van der Waals surface area contributed by atoms with E-state index in [1.54, 1.807) is 0 Å². The van der Waals surface area contributed by atoms with Crippen molar-refractivity contribution in [2.75, 3.05) is 13.6 Å². The zero-order valence-electron chi connectivity index (χ0n) is 9.17. The number of piperidine rings is 1. The van der Waals surface area contributed by atoms with Crippen LogP contribution < -0.4 is 5.73 Å². The molecule has 0 aromatic rings. The van der Waals surface area contributed by atoms with E-state index in [-0.39, 0.29) is 0 Å². The Morgan fingerprint density at radius 2 is 1.75 bits per heavy atom. The van der Waals surface area contributed by atoms with Gasteiger partial charge in [0.05, 0.1) is 0 Å². The minimum absolute atomic E-state index is 0.422. The highest BCUT2D eigenvalue weighted by Crippen LogP contribution is 2.19. The summed E-state index contributed by atoms with van der Waals surface area (Å²) in [7, 11) is 2.17. The van der Waals surface area contributed by atoms with E-state index in [1.165, 1.54) is 0 Å². The first-order valence-electron chi connectivity index (χ1n) is 5.08. The Morgan fingerprint density at radius 1 is 1.25 bits per heavy atom. The van der Waals surface area contributed by atoms with Crippen molar-refractivity contribution in [3.05, 3.63) is 0 Å².